The van der Waals surface area contributed by atoms with Crippen molar-refractivity contribution in [3.63, 3.8) is 0 Å². The highest BCUT2D eigenvalue weighted by Gasteiger charge is 2.46. The number of nitrogens with one attached hydrogen (secondary N) is 1. The van der Waals surface area contributed by atoms with Gasteiger partial charge in [0.2, 0.25) is 5.91 Å². The van der Waals surface area contributed by atoms with Crippen LogP contribution in [-0.2, 0) is 14.3 Å². The van der Waals surface area contributed by atoms with Crippen molar-refractivity contribution in [3.8, 4) is 0 Å². The zero-order valence-corrected chi connectivity index (χ0v) is 26.2. The monoisotopic (exact) mass is 621 g/mol. The number of alkyl halides is 3. The number of pyridine rings is 1. The Hall–Kier alpha value is -3.45. The molecule has 234 valence electrons. The molecule has 0 radical (unpaired) electrons. The van der Waals surface area contributed by atoms with E-state index in [1.807, 2.05) is 13.8 Å². The van der Waals surface area contributed by atoms with Gasteiger partial charge in [-0.15, -0.1) is 0 Å². The highest BCUT2D eigenvalue weighted by molar-refractivity contribution is 7.18. The highest BCUT2D eigenvalue weighted by Crippen LogP contribution is 2.40. The molecule has 4 rings (SSSR count). The molecule has 1 aliphatic rings. The molecule has 1 aromatic carbocycles. The number of aryl methyl sites for hydroxylation is 1. The van der Waals surface area contributed by atoms with Gasteiger partial charge in [0.25, 0.3) is 0 Å². The average Bonchev–Trinajstić information content (AvgIpc) is 3.31. The van der Waals surface area contributed by atoms with Gasteiger partial charge in [0.1, 0.15) is 15.9 Å². The van der Waals surface area contributed by atoms with Gasteiger partial charge in [0.15, 0.2) is 6.04 Å². The number of carbonyl (C=O) groups is 2. The summed E-state index contributed by atoms with van der Waals surface area (Å²) in [5, 5.41) is 4.10. The summed E-state index contributed by atoms with van der Waals surface area (Å²) in [6.45, 7) is 9.53. The number of carbonyl (C=O) groups excluding carboxylic acids is 2. The van der Waals surface area contributed by atoms with Crippen molar-refractivity contribution >= 4 is 45.1 Å². The number of nitrogens with zero attached hydrogens (tertiary/aromatic N) is 4. The van der Waals surface area contributed by atoms with Gasteiger partial charge in [-0.1, -0.05) is 23.5 Å². The molecule has 0 saturated carbocycles. The number of thiazole rings is 1. The van der Waals surface area contributed by atoms with Crippen LogP contribution in [0.1, 0.15) is 68.8 Å². The standard InChI is InChI=1S/C30H38F3N5O4S/c1-17(41-7)23-22(16-34-26-24(23)35-18(2)43-26)36-21-10-8-19(9-11-21)25(30(31,32)33)37(6)27(39)20-12-14-38(15-13-20)28(40)42-29(3,4)5/h8-11,16-17,20,25,36H,12-15H2,1-7H3/t17-,25+/m1/s1. The van der Waals surface area contributed by atoms with E-state index in [2.05, 4.69) is 15.3 Å². The average molecular weight is 622 g/mol. The summed E-state index contributed by atoms with van der Waals surface area (Å²) in [4.78, 5) is 37.7. The summed E-state index contributed by atoms with van der Waals surface area (Å²) < 4.78 is 54.1. The molecule has 13 heteroatoms. The number of likely N-dealkylation sites (tertiary alicyclic amines) is 1. The molecule has 0 spiro atoms. The van der Waals surface area contributed by atoms with Gasteiger partial charge in [-0.05, 0) is 65.2 Å². The molecule has 2 amide bonds. The first-order valence-corrected chi connectivity index (χ1v) is 14.9. The van der Waals surface area contributed by atoms with Gasteiger partial charge >= 0.3 is 12.3 Å². The van der Waals surface area contributed by atoms with E-state index in [0.717, 1.165) is 20.3 Å². The Labute approximate surface area is 253 Å². The minimum absolute atomic E-state index is 0.0609. The van der Waals surface area contributed by atoms with E-state index in [1.54, 1.807) is 46.2 Å². The molecule has 0 unspecified atom stereocenters. The van der Waals surface area contributed by atoms with Gasteiger partial charge in [-0.2, -0.15) is 13.2 Å². The highest BCUT2D eigenvalue weighted by atomic mass is 32.1. The molecule has 2 atom stereocenters. The summed E-state index contributed by atoms with van der Waals surface area (Å²) in [6.07, 6.45) is -3.31. The summed E-state index contributed by atoms with van der Waals surface area (Å²) in [5.41, 5.74) is 1.98. The van der Waals surface area contributed by atoms with Crippen molar-refractivity contribution in [2.75, 3.05) is 32.6 Å². The lowest BCUT2D eigenvalue weighted by molar-refractivity contribution is -0.191. The largest absolute Gasteiger partial charge is 0.444 e. The van der Waals surface area contributed by atoms with Crippen molar-refractivity contribution in [3.05, 3.63) is 46.6 Å². The summed E-state index contributed by atoms with van der Waals surface area (Å²) in [7, 11) is 2.77. The van der Waals surface area contributed by atoms with E-state index in [0.29, 0.717) is 16.9 Å². The Morgan fingerprint density at radius 1 is 1.14 bits per heavy atom. The summed E-state index contributed by atoms with van der Waals surface area (Å²) in [5.74, 6) is -1.24. The number of methoxy groups -OCH3 is 1. The van der Waals surface area contributed by atoms with E-state index < -0.39 is 35.7 Å². The van der Waals surface area contributed by atoms with Crippen LogP contribution < -0.4 is 5.32 Å². The molecule has 1 saturated heterocycles. The van der Waals surface area contributed by atoms with Gasteiger partial charge < -0.3 is 24.6 Å². The second-order valence-electron chi connectivity index (χ2n) is 11.7. The zero-order valence-electron chi connectivity index (χ0n) is 25.4. The Bertz CT molecular complexity index is 1450. The predicted molar refractivity (Wildman–Crippen MR) is 159 cm³/mol. The first-order chi connectivity index (χ1) is 20.1. The fraction of sp³-hybridized carbons (Fsp3) is 0.533. The number of anilines is 2. The number of benzene rings is 1. The van der Waals surface area contributed by atoms with Crippen LogP contribution >= 0.6 is 11.3 Å². The van der Waals surface area contributed by atoms with Gasteiger partial charge in [-0.3, -0.25) is 4.79 Å². The summed E-state index contributed by atoms with van der Waals surface area (Å²) >= 11 is 1.47. The Morgan fingerprint density at radius 3 is 2.33 bits per heavy atom. The lowest BCUT2D eigenvalue weighted by Gasteiger charge is -2.37. The van der Waals surface area contributed by atoms with Crippen molar-refractivity contribution < 1.29 is 32.2 Å². The molecule has 43 heavy (non-hydrogen) atoms. The molecular formula is C30H38F3N5O4S. The van der Waals surface area contributed by atoms with E-state index in [1.165, 1.54) is 35.4 Å². The third-order valence-electron chi connectivity index (χ3n) is 7.38. The molecule has 3 aromatic rings. The molecule has 0 bridgehead atoms. The number of hydrogen-bond donors (Lipinski definition) is 1. The first kappa shape index (κ1) is 32.5. The Kier molecular flexibility index (Phi) is 9.55. The number of aromatic nitrogens is 2. The molecule has 3 heterocycles. The fourth-order valence-corrected chi connectivity index (χ4v) is 5.99. The van der Waals surface area contributed by atoms with Crippen LogP contribution in [0.5, 0.6) is 0 Å². The minimum atomic E-state index is -4.70. The number of rotatable bonds is 7. The van der Waals surface area contributed by atoms with Crippen molar-refractivity contribution in [2.45, 2.75) is 71.4 Å². The van der Waals surface area contributed by atoms with Crippen molar-refractivity contribution in [1.29, 1.82) is 0 Å². The molecule has 9 nitrogen and oxygen atoms in total. The smallest absolute Gasteiger partial charge is 0.413 e. The van der Waals surface area contributed by atoms with Crippen LogP contribution in [0.25, 0.3) is 10.3 Å². The van der Waals surface area contributed by atoms with Crippen molar-refractivity contribution in [1.82, 2.24) is 19.8 Å². The van der Waals surface area contributed by atoms with Crippen LogP contribution in [0.4, 0.5) is 29.3 Å². The number of ether oxygens (including phenoxy) is 2. The predicted octanol–water partition coefficient (Wildman–Crippen LogP) is 7.16. The van der Waals surface area contributed by atoms with Crippen LogP contribution in [0.3, 0.4) is 0 Å². The number of fused-ring (bicyclic) bond motifs is 1. The maximum Gasteiger partial charge on any atom is 0.413 e. The van der Waals surface area contributed by atoms with Crippen LogP contribution in [0.2, 0.25) is 0 Å². The van der Waals surface area contributed by atoms with Crippen LogP contribution in [0.15, 0.2) is 30.5 Å². The lowest BCUT2D eigenvalue weighted by Crippen LogP contribution is -2.47. The molecule has 1 aliphatic heterocycles. The van der Waals surface area contributed by atoms with E-state index in [-0.39, 0.29) is 37.6 Å². The Morgan fingerprint density at radius 2 is 1.77 bits per heavy atom. The number of piperidine rings is 1. The third kappa shape index (κ3) is 7.56. The number of amides is 2. The number of halogens is 3. The topological polar surface area (TPSA) is 96.9 Å². The third-order valence-corrected chi connectivity index (χ3v) is 8.26. The maximum atomic E-state index is 14.4. The zero-order chi connectivity index (χ0) is 31.7. The van der Waals surface area contributed by atoms with Gasteiger partial charge in [0.05, 0.1) is 23.0 Å². The molecule has 2 aromatic heterocycles. The normalized spacial score (nSPS) is 16.2. The minimum Gasteiger partial charge on any atom is -0.444 e. The van der Waals surface area contributed by atoms with E-state index in [9.17, 15) is 22.8 Å². The maximum absolute atomic E-state index is 14.4. The van der Waals surface area contributed by atoms with Gasteiger partial charge in [0, 0.05) is 44.4 Å². The van der Waals surface area contributed by atoms with E-state index >= 15 is 0 Å². The van der Waals surface area contributed by atoms with Gasteiger partial charge in [-0.25, -0.2) is 14.8 Å². The molecule has 0 aliphatic carbocycles. The number of hydrogen-bond acceptors (Lipinski definition) is 8. The molecule has 1 N–H and O–H groups in total. The van der Waals surface area contributed by atoms with Crippen LogP contribution in [-0.4, -0.2) is 70.8 Å². The molecule has 1 fully saturated rings. The quantitative estimate of drug-likeness (QED) is 0.299. The second kappa shape index (κ2) is 12.7. The van der Waals surface area contributed by atoms with Crippen molar-refractivity contribution in [2.24, 2.45) is 5.92 Å². The lowest BCUT2D eigenvalue weighted by atomic mass is 9.94. The summed E-state index contributed by atoms with van der Waals surface area (Å²) in [6, 6.07) is 3.70. The molecular weight excluding hydrogens is 583 g/mol. The first-order valence-electron chi connectivity index (χ1n) is 14.1. The fourth-order valence-electron chi connectivity index (χ4n) is 5.22. The SMILES string of the molecule is CO[C@H](C)c1c(Nc2ccc([C@H](N(C)C(=O)C3CCN(C(=O)OC(C)(C)C)CC3)C(F)(F)F)cc2)cnc2sc(C)nc12. The Balaban J connectivity index is 1.50. The van der Waals surface area contributed by atoms with Crippen LogP contribution in [0, 0.1) is 12.8 Å². The second-order valence-corrected chi connectivity index (χ2v) is 12.9. The van der Waals surface area contributed by atoms with E-state index in [4.69, 9.17) is 9.47 Å².